The predicted molar refractivity (Wildman–Crippen MR) is 64.3 cm³/mol. The van der Waals surface area contributed by atoms with Gasteiger partial charge >= 0.3 is 5.97 Å². The highest BCUT2D eigenvalue weighted by Gasteiger charge is 2.13. The van der Waals surface area contributed by atoms with Gasteiger partial charge in [0, 0.05) is 6.42 Å². The van der Waals surface area contributed by atoms with Crippen LogP contribution in [0.3, 0.4) is 0 Å². The standard InChI is InChI=1S/C12H12FN3O3/c1-19-9-3-2-7(13)6-8(9)12-14-10(15-16-12)4-5-11(17)18/h2-3,6H,4-5H2,1H3,(H,17,18)(H,14,15,16). The summed E-state index contributed by atoms with van der Waals surface area (Å²) in [5.41, 5.74) is 0.417. The van der Waals surface area contributed by atoms with Crippen molar-refractivity contribution in [3.05, 3.63) is 29.8 Å². The first-order valence-corrected chi connectivity index (χ1v) is 5.57. The molecule has 0 atom stereocenters. The van der Waals surface area contributed by atoms with E-state index >= 15 is 0 Å². The lowest BCUT2D eigenvalue weighted by Gasteiger charge is -2.04. The molecule has 2 rings (SSSR count). The van der Waals surface area contributed by atoms with Gasteiger partial charge in [-0.25, -0.2) is 9.37 Å². The van der Waals surface area contributed by atoms with Crippen molar-refractivity contribution in [3.63, 3.8) is 0 Å². The lowest BCUT2D eigenvalue weighted by Crippen LogP contribution is -1.98. The number of benzene rings is 1. The van der Waals surface area contributed by atoms with Gasteiger partial charge in [0.2, 0.25) is 0 Å². The number of nitrogens with one attached hydrogen (secondary N) is 1. The zero-order valence-corrected chi connectivity index (χ0v) is 10.2. The van der Waals surface area contributed by atoms with Crippen LogP contribution in [0.25, 0.3) is 11.4 Å². The third kappa shape index (κ3) is 3.06. The first-order valence-electron chi connectivity index (χ1n) is 5.57. The lowest BCUT2D eigenvalue weighted by atomic mass is 10.2. The molecule has 0 spiro atoms. The summed E-state index contributed by atoms with van der Waals surface area (Å²) < 4.78 is 18.3. The van der Waals surface area contributed by atoms with Crippen LogP contribution in [-0.4, -0.2) is 33.4 Å². The zero-order chi connectivity index (χ0) is 13.8. The number of hydrogen-bond acceptors (Lipinski definition) is 4. The lowest BCUT2D eigenvalue weighted by molar-refractivity contribution is -0.137. The first kappa shape index (κ1) is 13.0. The first-order chi connectivity index (χ1) is 9.10. The van der Waals surface area contributed by atoms with Gasteiger partial charge in [-0.05, 0) is 18.2 Å². The van der Waals surface area contributed by atoms with Crippen molar-refractivity contribution < 1.29 is 19.0 Å². The summed E-state index contributed by atoms with van der Waals surface area (Å²) in [6.45, 7) is 0. The second kappa shape index (κ2) is 5.47. The number of hydrogen-bond donors (Lipinski definition) is 2. The molecule has 2 aromatic rings. The largest absolute Gasteiger partial charge is 0.496 e. The Hall–Kier alpha value is -2.44. The number of nitrogens with zero attached hydrogens (tertiary/aromatic N) is 2. The van der Waals surface area contributed by atoms with Crippen LogP contribution in [0.2, 0.25) is 0 Å². The summed E-state index contributed by atoms with van der Waals surface area (Å²) in [6, 6.07) is 4.03. The molecule has 19 heavy (non-hydrogen) atoms. The van der Waals surface area contributed by atoms with Gasteiger partial charge in [-0.15, -0.1) is 0 Å². The van der Waals surface area contributed by atoms with E-state index in [4.69, 9.17) is 9.84 Å². The molecule has 0 aliphatic carbocycles. The number of aryl methyl sites for hydroxylation is 1. The minimum atomic E-state index is -0.915. The highest BCUT2D eigenvalue weighted by molar-refractivity contribution is 5.67. The van der Waals surface area contributed by atoms with Crippen LogP contribution in [0, 0.1) is 5.82 Å². The molecule has 0 radical (unpaired) electrons. The number of aromatic nitrogens is 3. The summed E-state index contributed by atoms with van der Waals surface area (Å²) in [5, 5.41) is 15.2. The molecule has 1 aromatic carbocycles. The number of carbonyl (C=O) groups is 1. The number of aromatic amines is 1. The maximum atomic E-state index is 13.2. The highest BCUT2D eigenvalue weighted by Crippen LogP contribution is 2.27. The Balaban J connectivity index is 2.27. The Kier molecular flexibility index (Phi) is 3.74. The molecule has 0 fully saturated rings. The molecule has 0 bridgehead atoms. The number of halogens is 1. The van der Waals surface area contributed by atoms with E-state index < -0.39 is 11.8 Å². The molecule has 2 N–H and O–H groups in total. The average molecular weight is 265 g/mol. The van der Waals surface area contributed by atoms with Gasteiger partial charge in [0.25, 0.3) is 0 Å². The molecular weight excluding hydrogens is 253 g/mol. The Morgan fingerprint density at radius 3 is 3.00 bits per heavy atom. The zero-order valence-electron chi connectivity index (χ0n) is 10.2. The number of methoxy groups -OCH3 is 1. The molecule has 7 heteroatoms. The molecule has 0 saturated carbocycles. The van der Waals surface area contributed by atoms with Crippen molar-refractivity contribution in [2.45, 2.75) is 12.8 Å². The Labute approximate surface area is 108 Å². The van der Waals surface area contributed by atoms with Crippen molar-refractivity contribution in [1.82, 2.24) is 15.2 Å². The molecule has 0 saturated heterocycles. The summed E-state index contributed by atoms with van der Waals surface area (Å²) in [4.78, 5) is 14.6. The van der Waals surface area contributed by atoms with Crippen LogP contribution in [0.15, 0.2) is 18.2 Å². The molecule has 6 nitrogen and oxygen atoms in total. The molecular formula is C12H12FN3O3. The number of carboxylic acid groups (broad SMARTS) is 1. The summed E-state index contributed by atoms with van der Waals surface area (Å²) in [7, 11) is 1.47. The van der Waals surface area contributed by atoms with Crippen LogP contribution in [-0.2, 0) is 11.2 Å². The van der Waals surface area contributed by atoms with E-state index in [9.17, 15) is 9.18 Å². The Bertz CT molecular complexity index is 598. The SMILES string of the molecule is COc1ccc(F)cc1-c1n[nH]c(CCC(=O)O)n1. The average Bonchev–Trinajstić information content (AvgIpc) is 2.85. The fraction of sp³-hybridized carbons (Fsp3) is 0.250. The number of H-pyrrole nitrogens is 1. The van der Waals surface area contributed by atoms with Gasteiger partial charge in [-0.1, -0.05) is 0 Å². The van der Waals surface area contributed by atoms with Crippen molar-refractivity contribution in [2.75, 3.05) is 7.11 Å². The fourth-order valence-corrected chi connectivity index (χ4v) is 1.61. The van der Waals surface area contributed by atoms with Gasteiger partial charge in [-0.3, -0.25) is 9.89 Å². The molecule has 0 aliphatic heterocycles. The van der Waals surface area contributed by atoms with E-state index in [0.717, 1.165) is 0 Å². The molecule has 0 amide bonds. The van der Waals surface area contributed by atoms with E-state index in [-0.39, 0.29) is 18.7 Å². The maximum absolute atomic E-state index is 13.2. The minimum absolute atomic E-state index is 0.0467. The topological polar surface area (TPSA) is 88.1 Å². The number of carboxylic acids is 1. The van der Waals surface area contributed by atoms with Gasteiger partial charge < -0.3 is 9.84 Å². The van der Waals surface area contributed by atoms with Crippen LogP contribution in [0.4, 0.5) is 4.39 Å². The molecule has 100 valence electrons. The normalized spacial score (nSPS) is 10.4. The smallest absolute Gasteiger partial charge is 0.303 e. The van der Waals surface area contributed by atoms with Gasteiger partial charge in [-0.2, -0.15) is 5.10 Å². The molecule has 0 unspecified atom stereocenters. The Morgan fingerprint density at radius 1 is 1.53 bits per heavy atom. The summed E-state index contributed by atoms with van der Waals surface area (Å²) in [5.74, 6) is -0.181. The van der Waals surface area contributed by atoms with Crippen LogP contribution in [0.1, 0.15) is 12.2 Å². The Morgan fingerprint density at radius 2 is 2.32 bits per heavy atom. The number of aliphatic carboxylic acids is 1. The second-order valence-electron chi connectivity index (χ2n) is 3.84. The van der Waals surface area contributed by atoms with Crippen LogP contribution < -0.4 is 4.74 Å². The van der Waals surface area contributed by atoms with E-state index in [1.807, 2.05) is 0 Å². The molecule has 1 aromatic heterocycles. The number of rotatable bonds is 5. The number of ether oxygens (including phenoxy) is 1. The van der Waals surface area contributed by atoms with Crippen molar-refractivity contribution >= 4 is 5.97 Å². The van der Waals surface area contributed by atoms with Gasteiger partial charge in [0.05, 0.1) is 19.1 Å². The molecule has 1 heterocycles. The fourth-order valence-electron chi connectivity index (χ4n) is 1.61. The van der Waals surface area contributed by atoms with Gasteiger partial charge in [0.1, 0.15) is 17.4 Å². The maximum Gasteiger partial charge on any atom is 0.303 e. The minimum Gasteiger partial charge on any atom is -0.496 e. The highest BCUT2D eigenvalue weighted by atomic mass is 19.1. The monoisotopic (exact) mass is 265 g/mol. The van der Waals surface area contributed by atoms with E-state index in [0.29, 0.717) is 17.1 Å². The second-order valence-corrected chi connectivity index (χ2v) is 3.84. The van der Waals surface area contributed by atoms with Crippen molar-refractivity contribution in [1.29, 1.82) is 0 Å². The van der Waals surface area contributed by atoms with E-state index in [2.05, 4.69) is 15.2 Å². The van der Waals surface area contributed by atoms with E-state index in [1.165, 1.54) is 25.3 Å². The van der Waals surface area contributed by atoms with Crippen LogP contribution >= 0.6 is 0 Å². The third-order valence-corrected chi connectivity index (χ3v) is 2.51. The van der Waals surface area contributed by atoms with Crippen molar-refractivity contribution in [3.8, 4) is 17.1 Å². The predicted octanol–water partition coefficient (Wildman–Crippen LogP) is 1.64. The summed E-state index contributed by atoms with van der Waals surface area (Å²) >= 11 is 0. The quantitative estimate of drug-likeness (QED) is 0.857. The van der Waals surface area contributed by atoms with E-state index in [1.54, 1.807) is 0 Å². The summed E-state index contributed by atoms with van der Waals surface area (Å²) in [6.07, 6.45) is 0.189. The van der Waals surface area contributed by atoms with Crippen LogP contribution in [0.5, 0.6) is 5.75 Å². The third-order valence-electron chi connectivity index (χ3n) is 2.51. The molecule has 0 aliphatic rings. The van der Waals surface area contributed by atoms with Gasteiger partial charge in [0.15, 0.2) is 5.82 Å². The van der Waals surface area contributed by atoms with Crippen molar-refractivity contribution in [2.24, 2.45) is 0 Å².